The zero-order chi connectivity index (χ0) is 21.7. The number of halogens is 1. The number of hydrogen-bond acceptors (Lipinski definition) is 4. The number of anilines is 2. The standard InChI is InChI=1S/C22H21ClN2O4S/c1-29-21-13-12-17(14-19(21)23)24-22(26)18-10-6-7-11-20(18)25(30(2,27)28)15-16-8-4-3-5-9-16/h3-14H,15H2,1-2H3,(H,24,26). The maximum absolute atomic E-state index is 13.0. The Bertz CT molecular complexity index is 1150. The molecule has 0 aliphatic heterocycles. The van der Waals surface area contributed by atoms with E-state index < -0.39 is 15.9 Å². The van der Waals surface area contributed by atoms with Crippen LogP contribution in [0, 0.1) is 0 Å². The summed E-state index contributed by atoms with van der Waals surface area (Å²) in [7, 11) is -2.14. The molecule has 0 aromatic heterocycles. The summed E-state index contributed by atoms with van der Waals surface area (Å²) in [5.41, 5.74) is 1.79. The first-order valence-corrected chi connectivity index (χ1v) is 11.3. The minimum Gasteiger partial charge on any atom is -0.495 e. The molecule has 8 heteroatoms. The number of ether oxygens (including phenoxy) is 1. The largest absolute Gasteiger partial charge is 0.495 e. The molecular formula is C22H21ClN2O4S. The minimum atomic E-state index is -3.65. The van der Waals surface area contributed by atoms with E-state index in [9.17, 15) is 13.2 Å². The number of nitrogens with one attached hydrogen (secondary N) is 1. The Morgan fingerprint density at radius 2 is 1.70 bits per heavy atom. The summed E-state index contributed by atoms with van der Waals surface area (Å²) in [6.07, 6.45) is 1.12. The summed E-state index contributed by atoms with van der Waals surface area (Å²) < 4.78 is 31.4. The van der Waals surface area contributed by atoms with Crippen molar-refractivity contribution < 1.29 is 17.9 Å². The number of benzene rings is 3. The predicted octanol–water partition coefficient (Wildman–Crippen LogP) is 4.57. The zero-order valence-electron chi connectivity index (χ0n) is 16.5. The summed E-state index contributed by atoms with van der Waals surface area (Å²) in [6, 6.07) is 20.6. The van der Waals surface area contributed by atoms with Crippen molar-refractivity contribution in [1.82, 2.24) is 0 Å². The molecule has 1 amide bonds. The van der Waals surface area contributed by atoms with Gasteiger partial charge >= 0.3 is 0 Å². The van der Waals surface area contributed by atoms with Crippen molar-refractivity contribution in [3.63, 3.8) is 0 Å². The summed E-state index contributed by atoms with van der Waals surface area (Å²) in [5, 5.41) is 3.11. The van der Waals surface area contributed by atoms with Crippen molar-refractivity contribution >= 4 is 38.9 Å². The third-order valence-electron chi connectivity index (χ3n) is 4.40. The average Bonchev–Trinajstić information content (AvgIpc) is 2.72. The fraction of sp³-hybridized carbons (Fsp3) is 0.136. The molecule has 3 aromatic carbocycles. The molecule has 3 rings (SSSR count). The molecular weight excluding hydrogens is 424 g/mol. The van der Waals surface area contributed by atoms with Gasteiger partial charge in [-0.3, -0.25) is 9.10 Å². The number of methoxy groups -OCH3 is 1. The molecule has 0 radical (unpaired) electrons. The molecule has 0 bridgehead atoms. The number of hydrogen-bond donors (Lipinski definition) is 1. The van der Waals surface area contributed by atoms with Gasteiger partial charge in [-0.25, -0.2) is 8.42 Å². The maximum atomic E-state index is 13.0. The van der Waals surface area contributed by atoms with Crippen molar-refractivity contribution in [2.75, 3.05) is 23.0 Å². The molecule has 1 N–H and O–H groups in total. The normalized spacial score (nSPS) is 11.0. The Kier molecular flexibility index (Phi) is 6.64. The highest BCUT2D eigenvalue weighted by Crippen LogP contribution is 2.29. The van der Waals surface area contributed by atoms with E-state index in [-0.39, 0.29) is 12.1 Å². The van der Waals surface area contributed by atoms with Crippen molar-refractivity contribution in [3.8, 4) is 5.75 Å². The highest BCUT2D eigenvalue weighted by atomic mass is 35.5. The molecule has 3 aromatic rings. The van der Waals surface area contributed by atoms with Gasteiger partial charge in [0.25, 0.3) is 5.91 Å². The molecule has 0 aliphatic rings. The fourth-order valence-corrected chi connectivity index (χ4v) is 4.11. The van der Waals surface area contributed by atoms with E-state index in [1.165, 1.54) is 11.4 Å². The summed E-state index contributed by atoms with van der Waals surface area (Å²) in [5.74, 6) is 0.0368. The molecule has 0 spiro atoms. The quantitative estimate of drug-likeness (QED) is 0.579. The maximum Gasteiger partial charge on any atom is 0.257 e. The number of carbonyl (C=O) groups excluding carboxylic acids is 1. The Labute approximate surface area is 181 Å². The van der Waals surface area contributed by atoms with Crippen molar-refractivity contribution in [1.29, 1.82) is 0 Å². The zero-order valence-corrected chi connectivity index (χ0v) is 18.1. The molecule has 30 heavy (non-hydrogen) atoms. The number of rotatable bonds is 7. The fourth-order valence-electron chi connectivity index (χ4n) is 2.96. The van der Waals surface area contributed by atoms with Gasteiger partial charge in [-0.15, -0.1) is 0 Å². The highest BCUT2D eigenvalue weighted by Gasteiger charge is 2.23. The van der Waals surface area contributed by atoms with Crippen molar-refractivity contribution in [3.05, 3.63) is 88.9 Å². The van der Waals surface area contributed by atoms with Gasteiger partial charge in [0, 0.05) is 5.69 Å². The first-order chi connectivity index (χ1) is 14.3. The van der Waals surface area contributed by atoms with Crippen molar-refractivity contribution in [2.24, 2.45) is 0 Å². The van der Waals surface area contributed by atoms with Gasteiger partial charge < -0.3 is 10.1 Å². The van der Waals surface area contributed by atoms with Crippen LogP contribution in [0.4, 0.5) is 11.4 Å². The van der Waals surface area contributed by atoms with E-state index >= 15 is 0 Å². The second-order valence-corrected chi connectivity index (χ2v) is 8.89. The van der Waals surface area contributed by atoms with E-state index in [1.807, 2.05) is 30.3 Å². The van der Waals surface area contributed by atoms with Crippen LogP contribution in [0.25, 0.3) is 0 Å². The lowest BCUT2D eigenvalue weighted by Gasteiger charge is -2.24. The number of carbonyl (C=O) groups is 1. The molecule has 6 nitrogen and oxygen atoms in total. The van der Waals surface area contributed by atoms with E-state index in [0.717, 1.165) is 11.8 Å². The number of sulfonamides is 1. The molecule has 0 aliphatic carbocycles. The SMILES string of the molecule is COc1ccc(NC(=O)c2ccccc2N(Cc2ccccc2)S(C)(=O)=O)cc1Cl. The average molecular weight is 445 g/mol. The van der Waals surface area contributed by atoms with Crippen LogP contribution in [0.3, 0.4) is 0 Å². The van der Waals surface area contributed by atoms with Gasteiger partial charge in [0.15, 0.2) is 0 Å². The lowest BCUT2D eigenvalue weighted by atomic mass is 10.1. The minimum absolute atomic E-state index is 0.109. The van der Waals surface area contributed by atoms with Crippen LogP contribution >= 0.6 is 11.6 Å². The Morgan fingerprint density at radius 3 is 2.33 bits per heavy atom. The molecule has 0 fully saturated rings. The van der Waals surface area contributed by atoms with E-state index in [2.05, 4.69) is 5.32 Å². The predicted molar refractivity (Wildman–Crippen MR) is 120 cm³/mol. The van der Waals surface area contributed by atoms with E-state index in [0.29, 0.717) is 22.1 Å². The van der Waals surface area contributed by atoms with Crippen LogP contribution in [0.5, 0.6) is 5.75 Å². The molecule has 0 atom stereocenters. The summed E-state index contributed by atoms with van der Waals surface area (Å²) in [6.45, 7) is 0.109. The first-order valence-electron chi connectivity index (χ1n) is 9.05. The van der Waals surface area contributed by atoms with Crippen LogP contribution in [0.1, 0.15) is 15.9 Å². The molecule has 156 valence electrons. The lowest BCUT2D eigenvalue weighted by Crippen LogP contribution is -2.31. The summed E-state index contributed by atoms with van der Waals surface area (Å²) in [4.78, 5) is 13.0. The topological polar surface area (TPSA) is 75.7 Å². The third kappa shape index (κ3) is 5.11. The van der Waals surface area contributed by atoms with Gasteiger partial charge in [-0.2, -0.15) is 0 Å². The van der Waals surface area contributed by atoms with Gasteiger partial charge in [-0.1, -0.05) is 54.1 Å². The second kappa shape index (κ2) is 9.19. The van der Waals surface area contributed by atoms with Crippen LogP contribution in [0.2, 0.25) is 5.02 Å². The molecule has 0 heterocycles. The number of amides is 1. The lowest BCUT2D eigenvalue weighted by molar-refractivity contribution is 0.102. The summed E-state index contributed by atoms with van der Waals surface area (Å²) >= 11 is 6.13. The first kappa shape index (κ1) is 21.7. The Morgan fingerprint density at radius 1 is 1.03 bits per heavy atom. The highest BCUT2D eigenvalue weighted by molar-refractivity contribution is 7.92. The Balaban J connectivity index is 1.95. The van der Waals surface area contributed by atoms with Gasteiger partial charge in [0.05, 0.1) is 36.2 Å². The smallest absolute Gasteiger partial charge is 0.257 e. The number of para-hydroxylation sites is 1. The molecule has 0 saturated heterocycles. The van der Waals surface area contributed by atoms with Gasteiger partial charge in [-0.05, 0) is 35.9 Å². The molecule has 0 saturated carbocycles. The van der Waals surface area contributed by atoms with Gasteiger partial charge in [0.1, 0.15) is 5.75 Å². The van der Waals surface area contributed by atoms with E-state index in [1.54, 1.807) is 42.5 Å². The second-order valence-electron chi connectivity index (χ2n) is 6.58. The van der Waals surface area contributed by atoms with Crippen molar-refractivity contribution in [2.45, 2.75) is 6.54 Å². The monoisotopic (exact) mass is 444 g/mol. The Hall–Kier alpha value is -3.03. The van der Waals surface area contributed by atoms with E-state index in [4.69, 9.17) is 16.3 Å². The van der Waals surface area contributed by atoms with Crippen LogP contribution in [0.15, 0.2) is 72.8 Å². The van der Waals surface area contributed by atoms with Crippen LogP contribution < -0.4 is 14.4 Å². The molecule has 0 unspecified atom stereocenters. The van der Waals surface area contributed by atoms with Crippen LogP contribution in [-0.4, -0.2) is 27.7 Å². The van der Waals surface area contributed by atoms with Gasteiger partial charge in [0.2, 0.25) is 10.0 Å². The van der Waals surface area contributed by atoms with Crippen LogP contribution in [-0.2, 0) is 16.6 Å². The number of nitrogens with zero attached hydrogens (tertiary/aromatic N) is 1. The third-order valence-corrected chi connectivity index (χ3v) is 5.82.